The summed E-state index contributed by atoms with van der Waals surface area (Å²) in [6, 6.07) is 11.2. The first-order valence-corrected chi connectivity index (χ1v) is 7.78. The van der Waals surface area contributed by atoms with Gasteiger partial charge in [0, 0.05) is 24.5 Å². The number of carbonyl (C=O) groups is 1. The number of H-pyrrole nitrogens is 1. The molecule has 2 heterocycles. The summed E-state index contributed by atoms with van der Waals surface area (Å²) in [4.78, 5) is 14.4. The Bertz CT molecular complexity index is 903. The van der Waals surface area contributed by atoms with Crippen LogP contribution in [-0.2, 0) is 6.54 Å². The van der Waals surface area contributed by atoms with Crippen molar-refractivity contribution in [3.63, 3.8) is 0 Å². The zero-order valence-electron chi connectivity index (χ0n) is 13.3. The molecule has 0 bridgehead atoms. The van der Waals surface area contributed by atoms with Crippen LogP contribution in [0.15, 0.2) is 42.6 Å². The predicted octanol–water partition coefficient (Wildman–Crippen LogP) is 2.61. The first-order valence-electron chi connectivity index (χ1n) is 7.78. The van der Waals surface area contributed by atoms with Gasteiger partial charge in [-0.3, -0.25) is 9.89 Å². The summed E-state index contributed by atoms with van der Waals surface area (Å²) in [7, 11) is 1.79. The number of rotatable bonds is 3. The molecule has 4 rings (SSSR count). The van der Waals surface area contributed by atoms with Crippen molar-refractivity contribution < 1.29 is 14.3 Å². The van der Waals surface area contributed by atoms with Crippen LogP contribution >= 0.6 is 0 Å². The molecule has 122 valence electrons. The zero-order valence-corrected chi connectivity index (χ0v) is 13.3. The largest absolute Gasteiger partial charge is 0.486 e. The number of nitrogens with one attached hydrogen (secondary N) is 1. The summed E-state index contributed by atoms with van der Waals surface area (Å²) in [6.07, 6.45) is 1.78. The van der Waals surface area contributed by atoms with Crippen molar-refractivity contribution in [1.29, 1.82) is 0 Å². The Kier molecular flexibility index (Phi) is 3.57. The van der Waals surface area contributed by atoms with E-state index in [4.69, 9.17) is 9.47 Å². The van der Waals surface area contributed by atoms with E-state index in [1.165, 1.54) is 0 Å². The number of aromatic amines is 1. The molecule has 0 saturated carbocycles. The Morgan fingerprint density at radius 3 is 2.92 bits per heavy atom. The normalized spacial score (nSPS) is 13.0. The fourth-order valence-electron chi connectivity index (χ4n) is 2.89. The van der Waals surface area contributed by atoms with Gasteiger partial charge >= 0.3 is 0 Å². The van der Waals surface area contributed by atoms with Gasteiger partial charge in [-0.15, -0.1) is 0 Å². The summed E-state index contributed by atoms with van der Waals surface area (Å²) in [6.45, 7) is 1.53. The minimum Gasteiger partial charge on any atom is -0.486 e. The van der Waals surface area contributed by atoms with E-state index in [2.05, 4.69) is 10.2 Å². The quantitative estimate of drug-likeness (QED) is 0.804. The summed E-state index contributed by atoms with van der Waals surface area (Å²) >= 11 is 0. The highest BCUT2D eigenvalue weighted by Crippen LogP contribution is 2.31. The van der Waals surface area contributed by atoms with Crippen molar-refractivity contribution in [2.24, 2.45) is 0 Å². The molecule has 1 aliphatic rings. The van der Waals surface area contributed by atoms with Gasteiger partial charge in [0.1, 0.15) is 13.2 Å². The maximum absolute atomic E-state index is 12.7. The van der Waals surface area contributed by atoms with Gasteiger partial charge in [0.2, 0.25) is 0 Å². The van der Waals surface area contributed by atoms with Gasteiger partial charge in [-0.1, -0.05) is 18.2 Å². The third kappa shape index (κ3) is 2.56. The van der Waals surface area contributed by atoms with Crippen molar-refractivity contribution in [1.82, 2.24) is 15.1 Å². The molecule has 0 spiro atoms. The number of amides is 1. The average molecular weight is 323 g/mol. The lowest BCUT2D eigenvalue weighted by Crippen LogP contribution is -2.26. The number of hydrogen-bond acceptors (Lipinski definition) is 4. The SMILES string of the molecule is CN(Cc1cccc2cn[nH]c12)C(=O)c1ccc2c(c1)OCCO2. The van der Waals surface area contributed by atoms with Crippen LogP contribution in [0.4, 0.5) is 0 Å². The van der Waals surface area contributed by atoms with E-state index in [9.17, 15) is 4.79 Å². The molecular weight excluding hydrogens is 306 g/mol. The first-order chi connectivity index (χ1) is 11.7. The Morgan fingerprint density at radius 2 is 2.04 bits per heavy atom. The average Bonchev–Trinajstić information content (AvgIpc) is 3.10. The highest BCUT2D eigenvalue weighted by molar-refractivity contribution is 5.95. The third-order valence-electron chi connectivity index (χ3n) is 4.11. The fourth-order valence-corrected chi connectivity index (χ4v) is 2.89. The summed E-state index contributed by atoms with van der Waals surface area (Å²) in [5.74, 6) is 1.24. The minimum absolute atomic E-state index is 0.0662. The van der Waals surface area contributed by atoms with E-state index in [0.29, 0.717) is 36.8 Å². The van der Waals surface area contributed by atoms with Gasteiger partial charge in [-0.25, -0.2) is 0 Å². The molecule has 0 fully saturated rings. The van der Waals surface area contributed by atoms with Crippen LogP contribution < -0.4 is 9.47 Å². The van der Waals surface area contributed by atoms with Crippen molar-refractivity contribution in [2.45, 2.75) is 6.54 Å². The monoisotopic (exact) mass is 323 g/mol. The lowest BCUT2D eigenvalue weighted by atomic mass is 10.1. The van der Waals surface area contributed by atoms with Crippen LogP contribution in [0.3, 0.4) is 0 Å². The molecule has 0 radical (unpaired) electrons. The van der Waals surface area contributed by atoms with Gasteiger partial charge in [0.25, 0.3) is 5.91 Å². The van der Waals surface area contributed by atoms with E-state index in [-0.39, 0.29) is 5.91 Å². The number of para-hydroxylation sites is 1. The molecule has 1 amide bonds. The van der Waals surface area contributed by atoms with Crippen molar-refractivity contribution in [3.8, 4) is 11.5 Å². The van der Waals surface area contributed by atoms with Crippen LogP contribution in [0.1, 0.15) is 15.9 Å². The van der Waals surface area contributed by atoms with Crippen molar-refractivity contribution >= 4 is 16.8 Å². The fraction of sp³-hybridized carbons (Fsp3) is 0.222. The molecule has 0 aliphatic carbocycles. The lowest BCUT2D eigenvalue weighted by Gasteiger charge is -2.21. The van der Waals surface area contributed by atoms with E-state index < -0.39 is 0 Å². The summed E-state index contributed by atoms with van der Waals surface area (Å²) < 4.78 is 11.0. The second-order valence-electron chi connectivity index (χ2n) is 5.77. The molecule has 24 heavy (non-hydrogen) atoms. The number of ether oxygens (including phenoxy) is 2. The van der Waals surface area contributed by atoms with Gasteiger partial charge < -0.3 is 14.4 Å². The van der Waals surface area contributed by atoms with Gasteiger partial charge in [0.05, 0.1) is 11.7 Å². The standard InChI is InChI=1S/C18H17N3O3/c1-21(11-14-4-2-3-13-10-19-20-17(13)14)18(22)12-5-6-15-16(9-12)24-8-7-23-15/h2-6,9-10H,7-8,11H2,1H3,(H,19,20). The van der Waals surface area contributed by atoms with Crippen LogP contribution in [0, 0.1) is 0 Å². The van der Waals surface area contributed by atoms with E-state index in [1.807, 2.05) is 18.2 Å². The molecule has 0 saturated heterocycles. The number of carbonyl (C=O) groups excluding carboxylic acids is 1. The number of nitrogens with zero attached hydrogens (tertiary/aromatic N) is 2. The molecule has 3 aromatic rings. The Balaban J connectivity index is 1.57. The van der Waals surface area contributed by atoms with Gasteiger partial charge in [0.15, 0.2) is 11.5 Å². The molecular formula is C18H17N3O3. The lowest BCUT2D eigenvalue weighted by molar-refractivity contribution is 0.0784. The van der Waals surface area contributed by atoms with Crippen LogP contribution in [0.2, 0.25) is 0 Å². The summed E-state index contributed by atoms with van der Waals surface area (Å²) in [5.41, 5.74) is 2.57. The maximum Gasteiger partial charge on any atom is 0.254 e. The van der Waals surface area contributed by atoms with E-state index in [1.54, 1.807) is 36.3 Å². The second-order valence-corrected chi connectivity index (χ2v) is 5.77. The van der Waals surface area contributed by atoms with Crippen LogP contribution in [-0.4, -0.2) is 41.3 Å². The second kappa shape index (κ2) is 5.88. The number of fused-ring (bicyclic) bond motifs is 2. The van der Waals surface area contributed by atoms with Crippen LogP contribution in [0.25, 0.3) is 10.9 Å². The van der Waals surface area contributed by atoms with Crippen molar-refractivity contribution in [3.05, 3.63) is 53.7 Å². The Labute approximate surface area is 139 Å². The highest BCUT2D eigenvalue weighted by Gasteiger charge is 2.18. The Hall–Kier alpha value is -3.02. The third-order valence-corrected chi connectivity index (χ3v) is 4.11. The molecule has 1 aliphatic heterocycles. The molecule has 6 nitrogen and oxygen atoms in total. The molecule has 1 aromatic heterocycles. The molecule has 1 N–H and O–H groups in total. The zero-order chi connectivity index (χ0) is 16.5. The van der Waals surface area contributed by atoms with E-state index >= 15 is 0 Å². The highest BCUT2D eigenvalue weighted by atomic mass is 16.6. The molecule has 0 unspecified atom stereocenters. The topological polar surface area (TPSA) is 67.5 Å². The number of benzene rings is 2. The first kappa shape index (κ1) is 14.6. The minimum atomic E-state index is -0.0662. The molecule has 0 atom stereocenters. The Morgan fingerprint density at radius 1 is 1.21 bits per heavy atom. The van der Waals surface area contributed by atoms with E-state index in [0.717, 1.165) is 16.5 Å². The van der Waals surface area contributed by atoms with Gasteiger partial charge in [-0.05, 0) is 23.8 Å². The predicted molar refractivity (Wildman–Crippen MR) is 89.3 cm³/mol. The summed E-state index contributed by atoms with van der Waals surface area (Å²) in [5, 5.41) is 8.09. The van der Waals surface area contributed by atoms with Gasteiger partial charge in [-0.2, -0.15) is 5.10 Å². The number of aromatic nitrogens is 2. The van der Waals surface area contributed by atoms with Crippen LogP contribution in [0.5, 0.6) is 11.5 Å². The molecule has 6 heteroatoms. The molecule has 2 aromatic carbocycles. The van der Waals surface area contributed by atoms with Crippen molar-refractivity contribution in [2.75, 3.05) is 20.3 Å². The maximum atomic E-state index is 12.7. The number of hydrogen-bond donors (Lipinski definition) is 1. The smallest absolute Gasteiger partial charge is 0.254 e.